The van der Waals surface area contributed by atoms with Crippen molar-refractivity contribution in [2.24, 2.45) is 11.8 Å². The van der Waals surface area contributed by atoms with Gasteiger partial charge in [-0.3, -0.25) is 9.69 Å². The second-order valence-electron chi connectivity index (χ2n) is 5.18. The number of piperidine rings is 1. The number of carbonyl (C=O) groups is 1. The van der Waals surface area contributed by atoms with Gasteiger partial charge in [0.2, 0.25) is 0 Å². The zero-order valence-corrected chi connectivity index (χ0v) is 9.33. The van der Waals surface area contributed by atoms with E-state index in [-0.39, 0.29) is 5.92 Å². The van der Waals surface area contributed by atoms with Crippen molar-refractivity contribution >= 4 is 5.78 Å². The van der Waals surface area contributed by atoms with Gasteiger partial charge in [0.1, 0.15) is 5.78 Å². The van der Waals surface area contributed by atoms with Gasteiger partial charge in [0.05, 0.1) is 0 Å². The SMILES string of the molecule is CC1CCC(N2CCC(=O)C(C)C2)C1. The quantitative estimate of drug-likeness (QED) is 0.638. The van der Waals surface area contributed by atoms with Gasteiger partial charge in [0, 0.05) is 31.5 Å². The van der Waals surface area contributed by atoms with Crippen LogP contribution in [0.4, 0.5) is 0 Å². The highest BCUT2D eigenvalue weighted by Crippen LogP contribution is 2.30. The highest BCUT2D eigenvalue weighted by atomic mass is 16.1. The largest absolute Gasteiger partial charge is 0.299 e. The van der Waals surface area contributed by atoms with Crippen LogP contribution in [0.1, 0.15) is 39.5 Å². The smallest absolute Gasteiger partial charge is 0.138 e. The number of hydrogen-bond acceptors (Lipinski definition) is 2. The molecule has 0 aromatic rings. The van der Waals surface area contributed by atoms with Gasteiger partial charge in [-0.1, -0.05) is 13.8 Å². The molecule has 1 aliphatic carbocycles. The third-order valence-corrected chi connectivity index (χ3v) is 3.89. The average molecular weight is 195 g/mol. The number of carbonyl (C=O) groups excluding carboxylic acids is 1. The molecule has 0 aromatic heterocycles. The predicted molar refractivity (Wildman–Crippen MR) is 57.2 cm³/mol. The minimum atomic E-state index is 0.277. The molecule has 2 nitrogen and oxygen atoms in total. The highest BCUT2D eigenvalue weighted by Gasteiger charge is 2.31. The van der Waals surface area contributed by atoms with Gasteiger partial charge in [-0.2, -0.15) is 0 Å². The summed E-state index contributed by atoms with van der Waals surface area (Å²) in [6, 6.07) is 0.778. The Labute approximate surface area is 86.7 Å². The van der Waals surface area contributed by atoms with Crippen molar-refractivity contribution in [3.63, 3.8) is 0 Å². The molecule has 3 atom stereocenters. The van der Waals surface area contributed by atoms with Crippen LogP contribution < -0.4 is 0 Å². The Balaban J connectivity index is 1.90. The Kier molecular flexibility index (Phi) is 2.91. The molecule has 2 aliphatic rings. The molecular formula is C12H21NO. The van der Waals surface area contributed by atoms with Gasteiger partial charge >= 0.3 is 0 Å². The Morgan fingerprint density at radius 2 is 2.07 bits per heavy atom. The zero-order chi connectivity index (χ0) is 10.1. The van der Waals surface area contributed by atoms with Gasteiger partial charge < -0.3 is 0 Å². The standard InChI is InChI=1S/C12H21NO/c1-9-3-4-11(7-9)13-6-5-12(14)10(2)8-13/h9-11H,3-8H2,1-2H3. The second-order valence-corrected chi connectivity index (χ2v) is 5.18. The molecule has 2 fully saturated rings. The number of hydrogen-bond donors (Lipinski definition) is 0. The fourth-order valence-electron chi connectivity index (χ4n) is 2.89. The van der Waals surface area contributed by atoms with Crippen LogP contribution in [0.2, 0.25) is 0 Å². The molecule has 1 heterocycles. The molecule has 1 saturated heterocycles. The average Bonchev–Trinajstić information content (AvgIpc) is 2.57. The van der Waals surface area contributed by atoms with Crippen molar-refractivity contribution < 1.29 is 4.79 Å². The van der Waals surface area contributed by atoms with Crippen molar-refractivity contribution in [2.45, 2.75) is 45.6 Å². The molecule has 2 heteroatoms. The van der Waals surface area contributed by atoms with Crippen LogP contribution in [0.5, 0.6) is 0 Å². The maximum absolute atomic E-state index is 11.4. The first-order chi connectivity index (χ1) is 6.66. The normalized spacial score (nSPS) is 40.4. The molecule has 0 radical (unpaired) electrons. The molecule has 0 N–H and O–H groups in total. The van der Waals surface area contributed by atoms with E-state index in [1.807, 2.05) is 0 Å². The predicted octanol–water partition coefficient (Wildman–Crippen LogP) is 2.09. The number of ketones is 1. The van der Waals surface area contributed by atoms with Crippen molar-refractivity contribution in [1.29, 1.82) is 0 Å². The molecule has 14 heavy (non-hydrogen) atoms. The van der Waals surface area contributed by atoms with E-state index in [4.69, 9.17) is 0 Å². The molecular weight excluding hydrogens is 174 g/mol. The summed E-state index contributed by atoms with van der Waals surface area (Å²) in [5.74, 6) is 1.64. The van der Waals surface area contributed by atoms with E-state index in [0.717, 1.165) is 31.5 Å². The summed E-state index contributed by atoms with van der Waals surface area (Å²) in [5.41, 5.74) is 0. The lowest BCUT2D eigenvalue weighted by Gasteiger charge is -2.34. The van der Waals surface area contributed by atoms with Gasteiger partial charge in [-0.05, 0) is 25.2 Å². The van der Waals surface area contributed by atoms with Crippen molar-refractivity contribution in [3.8, 4) is 0 Å². The lowest BCUT2D eigenvalue weighted by molar-refractivity contribution is -0.126. The van der Waals surface area contributed by atoms with Gasteiger partial charge in [-0.25, -0.2) is 0 Å². The number of likely N-dealkylation sites (tertiary alicyclic amines) is 1. The van der Waals surface area contributed by atoms with Gasteiger partial charge in [-0.15, -0.1) is 0 Å². The first-order valence-electron chi connectivity index (χ1n) is 5.93. The summed E-state index contributed by atoms with van der Waals surface area (Å²) in [7, 11) is 0. The van der Waals surface area contributed by atoms with Gasteiger partial charge in [0.25, 0.3) is 0 Å². The van der Waals surface area contributed by atoms with Crippen LogP contribution in [-0.4, -0.2) is 29.8 Å². The molecule has 3 unspecified atom stereocenters. The summed E-state index contributed by atoms with van der Waals surface area (Å²) in [6.45, 7) is 6.45. The van der Waals surface area contributed by atoms with Crippen molar-refractivity contribution in [1.82, 2.24) is 4.90 Å². The molecule has 0 bridgehead atoms. The van der Waals surface area contributed by atoms with Crippen LogP contribution in [0.25, 0.3) is 0 Å². The van der Waals surface area contributed by atoms with E-state index in [1.54, 1.807) is 0 Å². The molecule has 0 aromatic carbocycles. The first-order valence-corrected chi connectivity index (χ1v) is 5.93. The molecule has 1 saturated carbocycles. The zero-order valence-electron chi connectivity index (χ0n) is 9.33. The van der Waals surface area contributed by atoms with Crippen LogP contribution in [0.3, 0.4) is 0 Å². The fourth-order valence-corrected chi connectivity index (χ4v) is 2.89. The number of nitrogens with zero attached hydrogens (tertiary/aromatic N) is 1. The second kappa shape index (κ2) is 4.01. The van der Waals surface area contributed by atoms with Crippen LogP contribution in [0, 0.1) is 11.8 Å². The maximum Gasteiger partial charge on any atom is 0.138 e. The molecule has 0 amide bonds. The van der Waals surface area contributed by atoms with Crippen molar-refractivity contribution in [2.75, 3.05) is 13.1 Å². The maximum atomic E-state index is 11.4. The number of Topliss-reactive ketones (excluding diaryl/α,β-unsaturated/α-hetero) is 1. The molecule has 2 rings (SSSR count). The van der Waals surface area contributed by atoms with Crippen LogP contribution in [-0.2, 0) is 4.79 Å². The summed E-state index contributed by atoms with van der Waals surface area (Å²) >= 11 is 0. The monoisotopic (exact) mass is 195 g/mol. The Morgan fingerprint density at radius 1 is 1.29 bits per heavy atom. The third kappa shape index (κ3) is 2.00. The summed E-state index contributed by atoms with van der Waals surface area (Å²) in [4.78, 5) is 13.9. The summed E-state index contributed by atoms with van der Waals surface area (Å²) in [6.07, 6.45) is 4.86. The summed E-state index contributed by atoms with van der Waals surface area (Å²) in [5, 5.41) is 0. The Bertz CT molecular complexity index is 226. The van der Waals surface area contributed by atoms with E-state index < -0.39 is 0 Å². The van der Waals surface area contributed by atoms with E-state index in [0.29, 0.717) is 5.78 Å². The van der Waals surface area contributed by atoms with E-state index >= 15 is 0 Å². The topological polar surface area (TPSA) is 20.3 Å². The molecule has 0 spiro atoms. The Morgan fingerprint density at radius 3 is 2.64 bits per heavy atom. The van der Waals surface area contributed by atoms with E-state index in [9.17, 15) is 4.79 Å². The Hall–Kier alpha value is -0.370. The molecule has 1 aliphatic heterocycles. The number of rotatable bonds is 1. The minimum Gasteiger partial charge on any atom is -0.299 e. The van der Waals surface area contributed by atoms with E-state index in [2.05, 4.69) is 18.7 Å². The van der Waals surface area contributed by atoms with Crippen LogP contribution in [0.15, 0.2) is 0 Å². The van der Waals surface area contributed by atoms with E-state index in [1.165, 1.54) is 19.3 Å². The van der Waals surface area contributed by atoms with Gasteiger partial charge in [0.15, 0.2) is 0 Å². The minimum absolute atomic E-state index is 0.277. The summed E-state index contributed by atoms with van der Waals surface area (Å²) < 4.78 is 0. The first kappa shape index (κ1) is 10.2. The van der Waals surface area contributed by atoms with Crippen LogP contribution >= 0.6 is 0 Å². The molecule has 80 valence electrons. The lowest BCUT2D eigenvalue weighted by Crippen LogP contribution is -2.44. The third-order valence-electron chi connectivity index (χ3n) is 3.89. The fraction of sp³-hybridized carbons (Fsp3) is 0.917. The lowest BCUT2D eigenvalue weighted by atomic mass is 9.96. The highest BCUT2D eigenvalue weighted by molar-refractivity contribution is 5.81. The van der Waals surface area contributed by atoms with Crippen molar-refractivity contribution in [3.05, 3.63) is 0 Å².